The molecule has 0 spiro atoms. The van der Waals surface area contributed by atoms with Gasteiger partial charge in [0.15, 0.2) is 0 Å². The van der Waals surface area contributed by atoms with Crippen molar-refractivity contribution in [3.63, 3.8) is 0 Å². The minimum atomic E-state index is 0.491. The van der Waals surface area contributed by atoms with Crippen LogP contribution >= 0.6 is 0 Å². The predicted octanol–water partition coefficient (Wildman–Crippen LogP) is 3.94. The molecule has 0 amide bonds. The molecule has 1 atom stereocenters. The van der Waals surface area contributed by atoms with Crippen LogP contribution in [0.15, 0.2) is 24.3 Å². The lowest BCUT2D eigenvalue weighted by Gasteiger charge is -2.16. The molecule has 0 heterocycles. The molecule has 0 bridgehead atoms. The Labute approximate surface area is 117 Å². The van der Waals surface area contributed by atoms with Crippen LogP contribution in [0, 0.1) is 0 Å². The van der Waals surface area contributed by atoms with Gasteiger partial charge in [-0.15, -0.1) is 0 Å². The normalized spacial score (nSPS) is 16.3. The first-order valence-electron chi connectivity index (χ1n) is 7.80. The topological polar surface area (TPSA) is 21.3 Å². The van der Waals surface area contributed by atoms with Gasteiger partial charge >= 0.3 is 0 Å². The standard InChI is InChI=1S/C17H27NO/c1-3-12-18-15(4-2)9-8-14-6-5-7-17(13-14)19-16-10-11-16/h5-7,13,15-16,18H,3-4,8-12H2,1-2H3. The molecule has 1 N–H and O–H groups in total. The molecule has 1 aromatic carbocycles. The Balaban J connectivity index is 1.80. The number of ether oxygens (including phenoxy) is 1. The van der Waals surface area contributed by atoms with Crippen LogP contribution in [0.3, 0.4) is 0 Å². The first-order valence-corrected chi connectivity index (χ1v) is 7.80. The van der Waals surface area contributed by atoms with E-state index >= 15 is 0 Å². The summed E-state index contributed by atoms with van der Waals surface area (Å²) in [5.41, 5.74) is 1.40. The first kappa shape index (κ1) is 14.4. The summed E-state index contributed by atoms with van der Waals surface area (Å²) in [5.74, 6) is 1.05. The van der Waals surface area contributed by atoms with Crippen molar-refractivity contribution in [1.29, 1.82) is 0 Å². The Hall–Kier alpha value is -1.02. The fourth-order valence-corrected chi connectivity index (χ4v) is 2.29. The van der Waals surface area contributed by atoms with Crippen molar-refractivity contribution in [2.45, 2.75) is 64.5 Å². The first-order chi connectivity index (χ1) is 9.31. The second-order valence-corrected chi connectivity index (χ2v) is 5.56. The maximum atomic E-state index is 5.85. The lowest BCUT2D eigenvalue weighted by Crippen LogP contribution is -2.29. The van der Waals surface area contributed by atoms with Gasteiger partial charge in [-0.3, -0.25) is 0 Å². The van der Waals surface area contributed by atoms with Crippen LogP contribution in [0.2, 0.25) is 0 Å². The summed E-state index contributed by atoms with van der Waals surface area (Å²) in [7, 11) is 0. The molecule has 1 aromatic rings. The Morgan fingerprint density at radius 3 is 2.84 bits per heavy atom. The quantitative estimate of drug-likeness (QED) is 0.727. The van der Waals surface area contributed by atoms with Crippen molar-refractivity contribution >= 4 is 0 Å². The zero-order chi connectivity index (χ0) is 13.5. The number of hydrogen-bond acceptors (Lipinski definition) is 2. The molecule has 2 rings (SSSR count). The molecule has 1 unspecified atom stereocenters. The van der Waals surface area contributed by atoms with E-state index < -0.39 is 0 Å². The SMILES string of the molecule is CCCNC(CC)CCc1cccc(OC2CC2)c1. The molecular weight excluding hydrogens is 234 g/mol. The van der Waals surface area contributed by atoms with Crippen LogP contribution in [-0.2, 0) is 6.42 Å². The molecule has 1 aliphatic carbocycles. The van der Waals surface area contributed by atoms with Gasteiger partial charge in [0.2, 0.25) is 0 Å². The monoisotopic (exact) mass is 261 g/mol. The minimum Gasteiger partial charge on any atom is -0.490 e. The van der Waals surface area contributed by atoms with E-state index in [4.69, 9.17) is 4.74 Å². The number of benzene rings is 1. The largest absolute Gasteiger partial charge is 0.490 e. The molecule has 106 valence electrons. The summed E-state index contributed by atoms with van der Waals surface area (Å²) >= 11 is 0. The van der Waals surface area contributed by atoms with Gasteiger partial charge in [0.1, 0.15) is 5.75 Å². The van der Waals surface area contributed by atoms with Crippen LogP contribution in [0.5, 0.6) is 5.75 Å². The van der Waals surface area contributed by atoms with Crippen LogP contribution < -0.4 is 10.1 Å². The lowest BCUT2D eigenvalue weighted by molar-refractivity contribution is 0.303. The molecule has 0 aromatic heterocycles. The molecule has 1 aliphatic rings. The number of aryl methyl sites for hydroxylation is 1. The molecule has 0 radical (unpaired) electrons. The third-order valence-corrected chi connectivity index (χ3v) is 3.68. The fraction of sp³-hybridized carbons (Fsp3) is 0.647. The molecule has 2 heteroatoms. The van der Waals surface area contributed by atoms with Crippen LogP contribution in [0.25, 0.3) is 0 Å². The maximum Gasteiger partial charge on any atom is 0.119 e. The third-order valence-electron chi connectivity index (χ3n) is 3.68. The second-order valence-electron chi connectivity index (χ2n) is 5.56. The Kier molecular flexibility index (Phi) is 5.71. The highest BCUT2D eigenvalue weighted by Gasteiger charge is 2.23. The minimum absolute atomic E-state index is 0.491. The Morgan fingerprint density at radius 2 is 2.16 bits per heavy atom. The van der Waals surface area contributed by atoms with Gasteiger partial charge in [-0.2, -0.15) is 0 Å². The maximum absolute atomic E-state index is 5.85. The van der Waals surface area contributed by atoms with E-state index in [9.17, 15) is 0 Å². The van der Waals surface area contributed by atoms with Crippen LogP contribution in [0.4, 0.5) is 0 Å². The average Bonchev–Trinajstić information content (AvgIpc) is 3.23. The fourth-order valence-electron chi connectivity index (χ4n) is 2.29. The number of rotatable bonds is 9. The predicted molar refractivity (Wildman–Crippen MR) is 80.8 cm³/mol. The molecule has 19 heavy (non-hydrogen) atoms. The summed E-state index contributed by atoms with van der Waals surface area (Å²) in [4.78, 5) is 0. The molecular formula is C17H27NO. The van der Waals surface area contributed by atoms with E-state index in [-0.39, 0.29) is 0 Å². The highest BCUT2D eigenvalue weighted by atomic mass is 16.5. The summed E-state index contributed by atoms with van der Waals surface area (Å²) in [6, 6.07) is 9.27. The van der Waals surface area contributed by atoms with Crippen molar-refractivity contribution in [3.05, 3.63) is 29.8 Å². The Morgan fingerprint density at radius 1 is 1.32 bits per heavy atom. The highest BCUT2D eigenvalue weighted by molar-refractivity contribution is 5.29. The molecule has 1 saturated carbocycles. The smallest absolute Gasteiger partial charge is 0.119 e. The lowest BCUT2D eigenvalue weighted by atomic mass is 10.0. The van der Waals surface area contributed by atoms with Gasteiger partial charge in [-0.1, -0.05) is 26.0 Å². The Bertz CT molecular complexity index is 373. The third kappa shape index (κ3) is 5.23. The van der Waals surface area contributed by atoms with Gasteiger partial charge in [-0.05, 0) is 62.8 Å². The van der Waals surface area contributed by atoms with E-state index in [1.807, 2.05) is 0 Å². The van der Waals surface area contributed by atoms with Crippen LogP contribution in [-0.4, -0.2) is 18.7 Å². The van der Waals surface area contributed by atoms with E-state index in [1.165, 1.54) is 37.7 Å². The zero-order valence-corrected chi connectivity index (χ0v) is 12.3. The summed E-state index contributed by atoms with van der Waals surface area (Å²) in [5, 5.41) is 3.61. The van der Waals surface area contributed by atoms with Gasteiger partial charge in [0, 0.05) is 6.04 Å². The molecule has 0 aliphatic heterocycles. The summed E-state index contributed by atoms with van der Waals surface area (Å²) in [6.07, 6.45) is 7.70. The average molecular weight is 261 g/mol. The summed E-state index contributed by atoms with van der Waals surface area (Å²) < 4.78 is 5.85. The van der Waals surface area contributed by atoms with Crippen molar-refractivity contribution in [2.75, 3.05) is 6.54 Å². The number of nitrogens with one attached hydrogen (secondary N) is 1. The highest BCUT2D eigenvalue weighted by Crippen LogP contribution is 2.27. The van der Waals surface area contributed by atoms with E-state index in [0.717, 1.165) is 18.7 Å². The van der Waals surface area contributed by atoms with E-state index in [1.54, 1.807) is 0 Å². The van der Waals surface area contributed by atoms with Gasteiger partial charge in [-0.25, -0.2) is 0 Å². The van der Waals surface area contributed by atoms with Crippen molar-refractivity contribution in [3.8, 4) is 5.75 Å². The zero-order valence-electron chi connectivity index (χ0n) is 12.3. The second kappa shape index (κ2) is 7.54. The van der Waals surface area contributed by atoms with E-state index in [2.05, 4.69) is 43.4 Å². The van der Waals surface area contributed by atoms with Gasteiger partial charge in [0.05, 0.1) is 6.10 Å². The van der Waals surface area contributed by atoms with Crippen molar-refractivity contribution < 1.29 is 4.74 Å². The van der Waals surface area contributed by atoms with Gasteiger partial charge in [0.25, 0.3) is 0 Å². The van der Waals surface area contributed by atoms with Crippen LogP contribution in [0.1, 0.15) is 51.5 Å². The summed E-state index contributed by atoms with van der Waals surface area (Å²) in [6.45, 7) is 5.61. The number of hydrogen-bond donors (Lipinski definition) is 1. The van der Waals surface area contributed by atoms with Gasteiger partial charge < -0.3 is 10.1 Å². The van der Waals surface area contributed by atoms with Crippen molar-refractivity contribution in [1.82, 2.24) is 5.32 Å². The molecule has 2 nitrogen and oxygen atoms in total. The molecule has 0 saturated heterocycles. The van der Waals surface area contributed by atoms with Crippen molar-refractivity contribution in [2.24, 2.45) is 0 Å². The van der Waals surface area contributed by atoms with E-state index in [0.29, 0.717) is 12.1 Å². The molecule has 1 fully saturated rings.